The number of carbonyl (C=O) groups is 3. The number of amides is 3. The Morgan fingerprint density at radius 3 is 2.35 bits per heavy atom. The van der Waals surface area contributed by atoms with E-state index < -0.39 is 42.5 Å². The summed E-state index contributed by atoms with van der Waals surface area (Å²) >= 11 is 0. The zero-order chi connectivity index (χ0) is 19.8. The maximum Gasteiger partial charge on any atom is 0.371 e. The molecule has 2 N–H and O–H groups in total. The topological polar surface area (TPSA) is 102 Å². The molecule has 1 fully saturated rings. The van der Waals surface area contributed by atoms with Crippen LogP contribution >= 0.6 is 0 Å². The Hall–Kier alpha value is -2.16. The Morgan fingerprint density at radius 1 is 1.27 bits per heavy atom. The van der Waals surface area contributed by atoms with E-state index in [4.69, 9.17) is 15.3 Å². The molecule has 26 heavy (non-hydrogen) atoms. The Morgan fingerprint density at radius 2 is 1.85 bits per heavy atom. The molecule has 146 valence electrons. The third kappa shape index (κ3) is 3.82. The van der Waals surface area contributed by atoms with Gasteiger partial charge in [0.25, 0.3) is 0 Å². The van der Waals surface area contributed by atoms with Crippen molar-refractivity contribution in [1.82, 2.24) is 9.96 Å². The number of halogens is 1. The van der Waals surface area contributed by atoms with Gasteiger partial charge < -0.3 is 15.4 Å². The third-order valence-electron chi connectivity index (χ3n) is 4.54. The summed E-state index contributed by atoms with van der Waals surface area (Å²) in [5.41, 5.74) is 5.90. The van der Waals surface area contributed by atoms with Crippen LogP contribution in [-0.2, 0) is 19.2 Å². The van der Waals surface area contributed by atoms with Crippen molar-refractivity contribution in [3.63, 3.8) is 0 Å². The molecule has 0 aromatic carbocycles. The van der Waals surface area contributed by atoms with Gasteiger partial charge in [0.2, 0.25) is 5.91 Å². The number of rotatable bonds is 7. The lowest BCUT2D eigenvalue weighted by molar-refractivity contribution is -0.228. The molecule has 1 saturated heterocycles. The summed E-state index contributed by atoms with van der Waals surface area (Å²) in [7, 11) is 0. The van der Waals surface area contributed by atoms with Crippen LogP contribution in [0.3, 0.4) is 0 Å². The Balaban J connectivity index is 2.06. The molecule has 0 aromatic heterocycles. The molecule has 2 bridgehead atoms. The van der Waals surface area contributed by atoms with E-state index in [9.17, 15) is 18.8 Å². The van der Waals surface area contributed by atoms with E-state index in [-0.39, 0.29) is 18.4 Å². The summed E-state index contributed by atoms with van der Waals surface area (Å²) in [6.07, 6.45) is -1.30. The van der Waals surface area contributed by atoms with E-state index >= 15 is 0 Å². The van der Waals surface area contributed by atoms with Gasteiger partial charge in [-0.1, -0.05) is 33.8 Å². The van der Waals surface area contributed by atoms with Crippen LogP contribution in [0.4, 0.5) is 9.18 Å². The van der Waals surface area contributed by atoms with Crippen LogP contribution in [0, 0.1) is 11.8 Å². The van der Waals surface area contributed by atoms with Crippen molar-refractivity contribution in [2.24, 2.45) is 17.6 Å². The molecule has 0 radical (unpaired) electrons. The smallest absolute Gasteiger partial charge is 0.371 e. The molecular formula is C17H26FN3O5. The van der Waals surface area contributed by atoms with Gasteiger partial charge >= 0.3 is 18.4 Å². The first-order valence-electron chi connectivity index (χ1n) is 8.63. The van der Waals surface area contributed by atoms with Gasteiger partial charge in [-0.15, -0.1) is 0 Å². The number of urea groups is 1. The monoisotopic (exact) mass is 371 g/mol. The van der Waals surface area contributed by atoms with Crippen molar-refractivity contribution < 1.29 is 28.3 Å². The van der Waals surface area contributed by atoms with E-state index in [1.165, 1.54) is 4.90 Å². The van der Waals surface area contributed by atoms with Gasteiger partial charge in [0.05, 0.1) is 12.6 Å². The molecule has 9 heteroatoms. The molecule has 0 aliphatic carbocycles. The molecule has 3 atom stereocenters. The number of primary amides is 1. The van der Waals surface area contributed by atoms with E-state index in [1.807, 2.05) is 27.7 Å². The summed E-state index contributed by atoms with van der Waals surface area (Å²) in [4.78, 5) is 42.1. The normalized spacial score (nSPS) is 23.7. The Kier molecular flexibility index (Phi) is 5.90. The fraction of sp³-hybridized carbons (Fsp3) is 0.706. The summed E-state index contributed by atoms with van der Waals surface area (Å²) in [5, 5.41) is 0.762. The van der Waals surface area contributed by atoms with Crippen LogP contribution in [0.15, 0.2) is 11.6 Å². The van der Waals surface area contributed by atoms with Gasteiger partial charge in [-0.3, -0.25) is 4.79 Å². The minimum absolute atomic E-state index is 0.00630. The van der Waals surface area contributed by atoms with Crippen LogP contribution in [0.2, 0.25) is 0 Å². The highest BCUT2D eigenvalue weighted by Gasteiger charge is 2.48. The van der Waals surface area contributed by atoms with Crippen molar-refractivity contribution in [2.75, 3.05) is 6.54 Å². The van der Waals surface area contributed by atoms with Crippen LogP contribution in [0.5, 0.6) is 0 Å². The molecule has 0 spiro atoms. The molecule has 0 aromatic rings. The van der Waals surface area contributed by atoms with Crippen LogP contribution in [0.25, 0.3) is 0 Å². The number of carbonyl (C=O) groups excluding carboxylic acids is 3. The molecule has 2 aliphatic heterocycles. The van der Waals surface area contributed by atoms with Crippen molar-refractivity contribution in [1.29, 1.82) is 0 Å². The molecule has 8 nitrogen and oxygen atoms in total. The number of alkyl halides is 1. The predicted octanol–water partition coefficient (Wildman–Crippen LogP) is 1.36. The first-order chi connectivity index (χ1) is 12.0. The number of hydrogen-bond acceptors (Lipinski definition) is 5. The predicted molar refractivity (Wildman–Crippen MR) is 90.0 cm³/mol. The first kappa shape index (κ1) is 20.2. The maximum atomic E-state index is 14.3. The average molecular weight is 371 g/mol. The van der Waals surface area contributed by atoms with Gasteiger partial charge in [0.15, 0.2) is 0 Å². The van der Waals surface area contributed by atoms with E-state index in [0.29, 0.717) is 5.57 Å². The van der Waals surface area contributed by atoms with Gasteiger partial charge in [-0.05, 0) is 24.3 Å². The second-order valence-electron chi connectivity index (χ2n) is 7.35. The Bertz CT molecular complexity index is 614. The maximum absolute atomic E-state index is 14.3. The number of nitrogens with zero attached hydrogens (tertiary/aromatic N) is 2. The van der Waals surface area contributed by atoms with Crippen molar-refractivity contribution >= 4 is 17.9 Å². The van der Waals surface area contributed by atoms with Crippen molar-refractivity contribution in [3.05, 3.63) is 11.6 Å². The highest BCUT2D eigenvalue weighted by Crippen LogP contribution is 2.30. The second-order valence-corrected chi connectivity index (χ2v) is 7.35. The molecule has 2 aliphatic rings. The van der Waals surface area contributed by atoms with Gasteiger partial charge in [0, 0.05) is 0 Å². The summed E-state index contributed by atoms with van der Waals surface area (Å²) < 4.78 is 19.5. The van der Waals surface area contributed by atoms with Gasteiger partial charge in [-0.25, -0.2) is 18.8 Å². The number of hydrogen-bond donors (Lipinski definition) is 1. The Labute approximate surface area is 152 Å². The zero-order valence-corrected chi connectivity index (χ0v) is 15.6. The second kappa shape index (κ2) is 7.61. The molecule has 2 heterocycles. The largest absolute Gasteiger partial charge is 0.458 e. The fourth-order valence-electron chi connectivity index (χ4n) is 3.47. The lowest BCUT2D eigenvalue weighted by Crippen LogP contribution is -2.48. The molecule has 3 amide bonds. The van der Waals surface area contributed by atoms with E-state index in [2.05, 4.69) is 0 Å². The molecule has 0 unspecified atom stereocenters. The number of nitrogens with two attached hydrogens (primary N) is 1. The van der Waals surface area contributed by atoms with Crippen LogP contribution < -0.4 is 5.73 Å². The number of ether oxygens (including phenoxy) is 1. The lowest BCUT2D eigenvalue weighted by Gasteiger charge is -2.27. The summed E-state index contributed by atoms with van der Waals surface area (Å²) in [6, 6.07) is -2.22. The lowest BCUT2D eigenvalue weighted by atomic mass is 9.96. The zero-order valence-electron chi connectivity index (χ0n) is 15.6. The summed E-state index contributed by atoms with van der Waals surface area (Å²) in [6.45, 7) is 9.25. The SMILES string of the molecule is CC1=C[C@@H]2CN(C(=O)N2O[C@@H](F)C(=O)OC(C(C)C)C(C)C)[C@@H]1C(N)=O. The molecule has 0 saturated carbocycles. The summed E-state index contributed by atoms with van der Waals surface area (Å²) in [5.74, 6) is -1.85. The first-order valence-corrected chi connectivity index (χ1v) is 8.63. The third-order valence-corrected chi connectivity index (χ3v) is 4.54. The average Bonchev–Trinajstić information content (AvgIpc) is 2.76. The minimum Gasteiger partial charge on any atom is -0.458 e. The highest BCUT2D eigenvalue weighted by molar-refractivity contribution is 5.90. The van der Waals surface area contributed by atoms with Crippen molar-refractivity contribution in [3.8, 4) is 0 Å². The number of hydroxylamine groups is 2. The molecular weight excluding hydrogens is 345 g/mol. The fourth-order valence-corrected chi connectivity index (χ4v) is 3.47. The van der Waals surface area contributed by atoms with Crippen LogP contribution in [-0.4, -0.2) is 59.0 Å². The number of fused-ring (bicyclic) bond motifs is 2. The van der Waals surface area contributed by atoms with E-state index in [0.717, 1.165) is 5.06 Å². The quantitative estimate of drug-likeness (QED) is 0.538. The van der Waals surface area contributed by atoms with Gasteiger partial charge in [-0.2, -0.15) is 5.06 Å². The van der Waals surface area contributed by atoms with Crippen LogP contribution in [0.1, 0.15) is 34.6 Å². The van der Waals surface area contributed by atoms with Gasteiger partial charge in [0.1, 0.15) is 12.1 Å². The standard InChI is InChI=1S/C17H26FN3O5/c1-8(2)13(9(3)4)25-16(23)14(18)26-21-11-6-10(5)12(15(19)22)20(7-11)17(21)24/h6,8-9,11-14H,7H2,1-5H3,(H2,19,22)/t11-,12+,14-/m1/s1. The number of esters is 1. The highest BCUT2D eigenvalue weighted by atomic mass is 19.1. The minimum atomic E-state index is -2.44. The van der Waals surface area contributed by atoms with E-state index in [1.54, 1.807) is 13.0 Å². The van der Waals surface area contributed by atoms with Crippen molar-refractivity contribution in [2.45, 2.75) is 59.2 Å². The molecule has 2 rings (SSSR count).